The molecule has 0 radical (unpaired) electrons. The Morgan fingerprint density at radius 3 is 2.67 bits per heavy atom. The zero-order valence-electron chi connectivity index (χ0n) is 7.02. The SMILES string of the molecule is Cc1oc2c(Cl)cccc2c1C. The van der Waals surface area contributed by atoms with E-state index in [1.807, 2.05) is 32.0 Å². The Balaban J connectivity index is 2.95. The molecule has 0 fully saturated rings. The van der Waals surface area contributed by atoms with Gasteiger partial charge in [0.15, 0.2) is 5.58 Å². The third-order valence-electron chi connectivity index (χ3n) is 2.15. The zero-order chi connectivity index (χ0) is 8.72. The van der Waals surface area contributed by atoms with Crippen LogP contribution < -0.4 is 0 Å². The smallest absolute Gasteiger partial charge is 0.153 e. The maximum atomic E-state index is 5.95. The Kier molecular flexibility index (Phi) is 1.62. The Morgan fingerprint density at radius 2 is 2.00 bits per heavy atom. The first-order valence-corrected chi connectivity index (χ1v) is 4.22. The van der Waals surface area contributed by atoms with Crippen molar-refractivity contribution in [3.63, 3.8) is 0 Å². The molecule has 0 bridgehead atoms. The summed E-state index contributed by atoms with van der Waals surface area (Å²) in [7, 11) is 0. The van der Waals surface area contributed by atoms with Crippen LogP contribution in [0.2, 0.25) is 5.02 Å². The van der Waals surface area contributed by atoms with E-state index in [-0.39, 0.29) is 0 Å². The molecule has 0 saturated carbocycles. The molecule has 0 saturated heterocycles. The predicted molar refractivity (Wildman–Crippen MR) is 50.7 cm³/mol. The van der Waals surface area contributed by atoms with Gasteiger partial charge in [-0.2, -0.15) is 0 Å². The van der Waals surface area contributed by atoms with Gasteiger partial charge in [0.05, 0.1) is 5.02 Å². The molecular weight excluding hydrogens is 172 g/mol. The maximum Gasteiger partial charge on any atom is 0.153 e. The monoisotopic (exact) mass is 180 g/mol. The molecule has 12 heavy (non-hydrogen) atoms. The minimum absolute atomic E-state index is 0.684. The van der Waals surface area contributed by atoms with Gasteiger partial charge in [-0.05, 0) is 25.5 Å². The molecule has 2 rings (SSSR count). The third kappa shape index (κ3) is 0.935. The normalized spacial score (nSPS) is 10.9. The summed E-state index contributed by atoms with van der Waals surface area (Å²) >= 11 is 5.95. The largest absolute Gasteiger partial charge is 0.460 e. The van der Waals surface area contributed by atoms with E-state index < -0.39 is 0 Å². The van der Waals surface area contributed by atoms with Crippen molar-refractivity contribution in [3.05, 3.63) is 34.5 Å². The molecule has 1 aromatic carbocycles. The summed E-state index contributed by atoms with van der Waals surface area (Å²) in [6, 6.07) is 5.80. The zero-order valence-corrected chi connectivity index (χ0v) is 7.77. The number of rotatable bonds is 0. The molecular formula is C10H9ClO. The molecule has 1 aromatic heterocycles. The van der Waals surface area contributed by atoms with Crippen LogP contribution in [0.5, 0.6) is 0 Å². The lowest BCUT2D eigenvalue weighted by atomic mass is 10.2. The van der Waals surface area contributed by atoms with Crippen molar-refractivity contribution in [2.75, 3.05) is 0 Å². The van der Waals surface area contributed by atoms with E-state index in [9.17, 15) is 0 Å². The van der Waals surface area contributed by atoms with Gasteiger partial charge in [-0.3, -0.25) is 0 Å². The van der Waals surface area contributed by atoms with Gasteiger partial charge in [-0.15, -0.1) is 0 Å². The lowest BCUT2D eigenvalue weighted by Gasteiger charge is -1.90. The van der Waals surface area contributed by atoms with Crippen molar-refractivity contribution < 1.29 is 4.42 Å². The van der Waals surface area contributed by atoms with Gasteiger partial charge >= 0.3 is 0 Å². The number of halogens is 1. The predicted octanol–water partition coefficient (Wildman–Crippen LogP) is 3.70. The van der Waals surface area contributed by atoms with Crippen molar-refractivity contribution in [1.82, 2.24) is 0 Å². The van der Waals surface area contributed by atoms with Crippen molar-refractivity contribution in [1.29, 1.82) is 0 Å². The van der Waals surface area contributed by atoms with Crippen LogP contribution in [0.15, 0.2) is 22.6 Å². The summed E-state index contributed by atoms with van der Waals surface area (Å²) in [6.45, 7) is 3.99. The first-order chi connectivity index (χ1) is 5.70. The first kappa shape index (κ1) is 7.69. The van der Waals surface area contributed by atoms with E-state index >= 15 is 0 Å². The minimum Gasteiger partial charge on any atom is -0.460 e. The lowest BCUT2D eigenvalue weighted by Crippen LogP contribution is -1.69. The average Bonchev–Trinajstić information content (AvgIpc) is 2.32. The van der Waals surface area contributed by atoms with E-state index in [4.69, 9.17) is 16.0 Å². The Hall–Kier alpha value is -0.950. The van der Waals surface area contributed by atoms with Crippen molar-refractivity contribution in [2.24, 2.45) is 0 Å². The van der Waals surface area contributed by atoms with Crippen LogP contribution in [0.25, 0.3) is 11.0 Å². The standard InChI is InChI=1S/C10H9ClO/c1-6-7(2)12-10-8(6)4-3-5-9(10)11/h3-5H,1-2H3. The van der Waals surface area contributed by atoms with Gasteiger partial charge in [-0.1, -0.05) is 23.7 Å². The van der Waals surface area contributed by atoms with E-state index in [2.05, 4.69) is 0 Å². The molecule has 62 valence electrons. The van der Waals surface area contributed by atoms with E-state index in [1.165, 1.54) is 5.56 Å². The molecule has 0 amide bonds. The maximum absolute atomic E-state index is 5.95. The summed E-state index contributed by atoms with van der Waals surface area (Å²) in [6.07, 6.45) is 0. The van der Waals surface area contributed by atoms with E-state index in [0.717, 1.165) is 16.7 Å². The molecule has 2 aromatic rings. The van der Waals surface area contributed by atoms with Gasteiger partial charge in [0.2, 0.25) is 0 Å². The Morgan fingerprint density at radius 1 is 1.25 bits per heavy atom. The number of aryl methyl sites for hydroxylation is 2. The van der Waals surface area contributed by atoms with Gasteiger partial charge < -0.3 is 4.42 Å². The number of furan rings is 1. The topological polar surface area (TPSA) is 13.1 Å². The highest BCUT2D eigenvalue weighted by atomic mass is 35.5. The molecule has 0 spiro atoms. The van der Waals surface area contributed by atoms with Crippen molar-refractivity contribution >= 4 is 22.6 Å². The highest BCUT2D eigenvalue weighted by Gasteiger charge is 2.08. The Bertz CT molecular complexity index is 429. The molecule has 0 unspecified atom stereocenters. The number of hydrogen-bond acceptors (Lipinski definition) is 1. The highest BCUT2D eigenvalue weighted by molar-refractivity contribution is 6.34. The second kappa shape index (κ2) is 2.53. The van der Waals surface area contributed by atoms with Crippen LogP contribution >= 0.6 is 11.6 Å². The van der Waals surface area contributed by atoms with Crippen LogP contribution in [-0.2, 0) is 0 Å². The third-order valence-corrected chi connectivity index (χ3v) is 2.45. The fourth-order valence-corrected chi connectivity index (χ4v) is 1.54. The summed E-state index contributed by atoms with van der Waals surface area (Å²) in [4.78, 5) is 0. The molecule has 2 heteroatoms. The average molecular weight is 181 g/mol. The summed E-state index contributed by atoms with van der Waals surface area (Å²) in [5.41, 5.74) is 1.97. The molecule has 0 atom stereocenters. The second-order valence-corrected chi connectivity index (χ2v) is 3.31. The van der Waals surface area contributed by atoms with Crippen molar-refractivity contribution in [3.8, 4) is 0 Å². The van der Waals surface area contributed by atoms with Crippen LogP contribution in [0.3, 0.4) is 0 Å². The molecule has 0 N–H and O–H groups in total. The van der Waals surface area contributed by atoms with Gasteiger partial charge in [0.25, 0.3) is 0 Å². The van der Waals surface area contributed by atoms with E-state index in [1.54, 1.807) is 0 Å². The first-order valence-electron chi connectivity index (χ1n) is 3.84. The fraction of sp³-hybridized carbons (Fsp3) is 0.200. The Labute approximate surface area is 75.9 Å². The van der Waals surface area contributed by atoms with Gasteiger partial charge in [0, 0.05) is 5.39 Å². The van der Waals surface area contributed by atoms with Crippen molar-refractivity contribution in [2.45, 2.75) is 13.8 Å². The summed E-state index contributed by atoms with van der Waals surface area (Å²) in [5.74, 6) is 0.943. The lowest BCUT2D eigenvalue weighted by molar-refractivity contribution is 0.575. The number of para-hydroxylation sites is 1. The molecule has 0 aliphatic carbocycles. The molecule has 1 nitrogen and oxygen atoms in total. The second-order valence-electron chi connectivity index (χ2n) is 2.90. The van der Waals surface area contributed by atoms with Crippen LogP contribution in [0.4, 0.5) is 0 Å². The van der Waals surface area contributed by atoms with Crippen LogP contribution in [0, 0.1) is 13.8 Å². The van der Waals surface area contributed by atoms with Crippen LogP contribution in [0.1, 0.15) is 11.3 Å². The summed E-state index contributed by atoms with van der Waals surface area (Å²) < 4.78 is 5.50. The highest BCUT2D eigenvalue weighted by Crippen LogP contribution is 2.29. The molecule has 0 aliphatic heterocycles. The number of benzene rings is 1. The number of hydrogen-bond donors (Lipinski definition) is 0. The van der Waals surface area contributed by atoms with Gasteiger partial charge in [0.1, 0.15) is 5.76 Å². The fourth-order valence-electron chi connectivity index (χ4n) is 1.33. The number of fused-ring (bicyclic) bond motifs is 1. The quantitative estimate of drug-likeness (QED) is 0.603. The van der Waals surface area contributed by atoms with Gasteiger partial charge in [-0.25, -0.2) is 0 Å². The van der Waals surface area contributed by atoms with E-state index in [0.29, 0.717) is 5.02 Å². The van der Waals surface area contributed by atoms with Crippen LogP contribution in [-0.4, -0.2) is 0 Å². The molecule has 1 heterocycles. The minimum atomic E-state index is 0.684. The molecule has 0 aliphatic rings. The summed E-state index contributed by atoms with van der Waals surface area (Å²) in [5, 5.41) is 1.80.